The second-order valence-corrected chi connectivity index (χ2v) is 8.42. The van der Waals surface area contributed by atoms with Gasteiger partial charge in [0, 0.05) is 11.3 Å². The van der Waals surface area contributed by atoms with Gasteiger partial charge in [-0.2, -0.15) is 0 Å². The largest absolute Gasteiger partial charge is 0.486 e. The van der Waals surface area contributed by atoms with Gasteiger partial charge >= 0.3 is 0 Å². The number of aromatic nitrogens is 1. The third kappa shape index (κ3) is 4.29. The number of hydrogen-bond acceptors (Lipinski definition) is 6. The molecular formula is C25H22N2O4S. The molecule has 0 fully saturated rings. The summed E-state index contributed by atoms with van der Waals surface area (Å²) in [6.07, 6.45) is 0. The monoisotopic (exact) mass is 446 g/mol. The van der Waals surface area contributed by atoms with Gasteiger partial charge in [-0.25, -0.2) is 4.98 Å². The van der Waals surface area contributed by atoms with Crippen LogP contribution in [0.2, 0.25) is 0 Å². The average molecular weight is 447 g/mol. The smallest absolute Gasteiger partial charge is 0.257 e. The Labute approximate surface area is 189 Å². The molecule has 4 aromatic rings. The first-order chi connectivity index (χ1) is 15.7. The fraction of sp³-hybridized carbons (Fsp3) is 0.200. The van der Waals surface area contributed by atoms with Crippen LogP contribution in [0.25, 0.3) is 11.1 Å². The molecule has 0 bridgehead atoms. The molecule has 0 radical (unpaired) electrons. The van der Waals surface area contributed by atoms with Crippen molar-refractivity contribution in [3.63, 3.8) is 0 Å². The van der Waals surface area contributed by atoms with Crippen LogP contribution >= 0.6 is 11.8 Å². The Balaban J connectivity index is 1.28. The molecule has 0 spiro atoms. The zero-order valence-electron chi connectivity index (χ0n) is 17.5. The summed E-state index contributed by atoms with van der Waals surface area (Å²) in [4.78, 5) is 17.6. The number of nitrogens with one attached hydrogen (secondary N) is 1. The Morgan fingerprint density at radius 3 is 2.69 bits per heavy atom. The molecule has 32 heavy (non-hydrogen) atoms. The second-order valence-electron chi connectivity index (χ2n) is 7.49. The maximum atomic E-state index is 13.1. The van der Waals surface area contributed by atoms with Crippen LogP contribution < -0.4 is 14.8 Å². The van der Waals surface area contributed by atoms with E-state index in [4.69, 9.17) is 13.9 Å². The Kier molecular flexibility index (Phi) is 5.73. The van der Waals surface area contributed by atoms with Crippen molar-refractivity contribution in [3.05, 3.63) is 83.4 Å². The van der Waals surface area contributed by atoms with Crippen molar-refractivity contribution in [2.24, 2.45) is 0 Å². The van der Waals surface area contributed by atoms with Gasteiger partial charge < -0.3 is 19.2 Å². The first kappa shape index (κ1) is 20.5. The molecule has 162 valence electrons. The zero-order chi connectivity index (χ0) is 21.9. The number of fused-ring (bicyclic) bond motifs is 2. The minimum atomic E-state index is -0.184. The fourth-order valence-electron chi connectivity index (χ4n) is 3.61. The molecule has 1 N–H and O–H groups in total. The average Bonchev–Trinajstić information content (AvgIpc) is 3.25. The van der Waals surface area contributed by atoms with Crippen molar-refractivity contribution in [2.75, 3.05) is 13.2 Å². The van der Waals surface area contributed by atoms with Gasteiger partial charge in [-0.1, -0.05) is 48.2 Å². The summed E-state index contributed by atoms with van der Waals surface area (Å²) in [6.45, 7) is 3.04. The lowest BCUT2D eigenvalue weighted by Crippen LogP contribution is -2.27. The number of para-hydroxylation sites is 2. The van der Waals surface area contributed by atoms with Crippen LogP contribution in [0.15, 0.2) is 76.4 Å². The van der Waals surface area contributed by atoms with E-state index < -0.39 is 0 Å². The van der Waals surface area contributed by atoms with Crippen LogP contribution in [0.4, 0.5) is 0 Å². The SMILES string of the molecule is CC(NC(=O)c1ccccc1CSc1nc2ccccc2o1)c1ccc2c(c1)OCCO2. The van der Waals surface area contributed by atoms with Gasteiger partial charge in [-0.3, -0.25) is 4.79 Å². The molecule has 1 aromatic heterocycles. The first-order valence-electron chi connectivity index (χ1n) is 10.4. The molecule has 5 rings (SSSR count). The molecule has 1 unspecified atom stereocenters. The van der Waals surface area contributed by atoms with Gasteiger partial charge in [-0.15, -0.1) is 0 Å². The number of oxazole rings is 1. The number of nitrogens with zero attached hydrogens (tertiary/aromatic N) is 1. The molecular weight excluding hydrogens is 424 g/mol. The predicted octanol–water partition coefficient (Wildman–Crippen LogP) is 5.38. The van der Waals surface area contributed by atoms with Gasteiger partial charge in [0.15, 0.2) is 17.1 Å². The van der Waals surface area contributed by atoms with E-state index in [0.717, 1.165) is 28.0 Å². The van der Waals surface area contributed by atoms with E-state index in [-0.39, 0.29) is 11.9 Å². The Hall–Kier alpha value is -3.45. The van der Waals surface area contributed by atoms with Crippen molar-refractivity contribution in [1.82, 2.24) is 10.3 Å². The zero-order valence-corrected chi connectivity index (χ0v) is 18.4. The Morgan fingerprint density at radius 2 is 1.81 bits per heavy atom. The van der Waals surface area contributed by atoms with Crippen LogP contribution in [0, 0.1) is 0 Å². The topological polar surface area (TPSA) is 73.6 Å². The minimum absolute atomic E-state index is 0.124. The van der Waals surface area contributed by atoms with E-state index in [2.05, 4.69) is 10.3 Å². The maximum Gasteiger partial charge on any atom is 0.257 e. The summed E-state index contributed by atoms with van der Waals surface area (Å²) < 4.78 is 17.0. The van der Waals surface area contributed by atoms with E-state index in [9.17, 15) is 4.79 Å². The molecule has 0 saturated heterocycles. The number of thioether (sulfide) groups is 1. The quantitative estimate of drug-likeness (QED) is 0.401. The van der Waals surface area contributed by atoms with E-state index in [1.165, 1.54) is 11.8 Å². The van der Waals surface area contributed by atoms with Crippen LogP contribution in [0.5, 0.6) is 11.5 Å². The van der Waals surface area contributed by atoms with Crippen LogP contribution in [-0.2, 0) is 5.75 Å². The summed E-state index contributed by atoms with van der Waals surface area (Å²) >= 11 is 1.47. The molecule has 1 aliphatic heterocycles. The molecule has 3 aromatic carbocycles. The van der Waals surface area contributed by atoms with Crippen LogP contribution in [-0.4, -0.2) is 24.1 Å². The van der Waals surface area contributed by atoms with Crippen molar-refractivity contribution in [1.29, 1.82) is 0 Å². The number of hydrogen-bond donors (Lipinski definition) is 1. The molecule has 1 atom stereocenters. The standard InChI is InChI=1S/C25H22N2O4S/c1-16(17-10-11-22-23(14-17)30-13-12-29-22)26-24(28)19-7-3-2-6-18(19)15-32-25-27-20-8-4-5-9-21(20)31-25/h2-11,14,16H,12-13,15H2,1H3,(H,26,28). The molecule has 0 aliphatic carbocycles. The normalized spacial score (nSPS) is 13.7. The highest BCUT2D eigenvalue weighted by Gasteiger charge is 2.18. The lowest BCUT2D eigenvalue weighted by Gasteiger charge is -2.21. The van der Waals surface area contributed by atoms with E-state index >= 15 is 0 Å². The maximum absolute atomic E-state index is 13.1. The van der Waals surface area contributed by atoms with Crippen LogP contribution in [0.3, 0.4) is 0 Å². The predicted molar refractivity (Wildman–Crippen MR) is 123 cm³/mol. The lowest BCUT2D eigenvalue weighted by atomic mass is 10.0. The Morgan fingerprint density at radius 1 is 1.03 bits per heavy atom. The molecule has 0 saturated carbocycles. The first-order valence-corrected chi connectivity index (χ1v) is 11.4. The number of amides is 1. The van der Waals surface area contributed by atoms with E-state index in [1.807, 2.05) is 73.7 Å². The van der Waals surface area contributed by atoms with Crippen molar-refractivity contribution >= 4 is 28.8 Å². The fourth-order valence-corrected chi connectivity index (χ4v) is 4.45. The Bertz CT molecular complexity index is 1240. The number of benzene rings is 3. The third-order valence-corrected chi connectivity index (χ3v) is 6.18. The van der Waals surface area contributed by atoms with Gasteiger partial charge in [0.05, 0.1) is 6.04 Å². The minimum Gasteiger partial charge on any atom is -0.486 e. The molecule has 7 heteroatoms. The summed E-state index contributed by atoms with van der Waals surface area (Å²) in [7, 11) is 0. The second kappa shape index (κ2) is 8.96. The molecule has 1 aliphatic rings. The lowest BCUT2D eigenvalue weighted by molar-refractivity contribution is 0.0939. The summed E-state index contributed by atoms with van der Waals surface area (Å²) in [5, 5.41) is 3.68. The summed E-state index contributed by atoms with van der Waals surface area (Å²) in [6, 6.07) is 20.9. The number of carbonyl (C=O) groups excluding carboxylic acids is 1. The molecule has 1 amide bonds. The van der Waals surface area contributed by atoms with Crippen LogP contribution in [0.1, 0.15) is 34.5 Å². The van der Waals surface area contributed by atoms with Gasteiger partial charge in [0.1, 0.15) is 18.7 Å². The van der Waals surface area contributed by atoms with Crippen molar-refractivity contribution in [3.8, 4) is 11.5 Å². The number of ether oxygens (including phenoxy) is 2. The van der Waals surface area contributed by atoms with Gasteiger partial charge in [0.2, 0.25) is 0 Å². The van der Waals surface area contributed by atoms with Gasteiger partial charge in [-0.05, 0) is 48.4 Å². The molecule has 2 heterocycles. The van der Waals surface area contributed by atoms with Crippen molar-refractivity contribution < 1.29 is 18.7 Å². The highest BCUT2D eigenvalue weighted by atomic mass is 32.2. The van der Waals surface area contributed by atoms with Crippen molar-refractivity contribution in [2.45, 2.75) is 23.9 Å². The summed E-state index contributed by atoms with van der Waals surface area (Å²) in [5.74, 6) is 1.90. The van der Waals surface area contributed by atoms with Gasteiger partial charge in [0.25, 0.3) is 11.1 Å². The third-order valence-electron chi connectivity index (χ3n) is 5.30. The van der Waals surface area contributed by atoms with E-state index in [0.29, 0.717) is 35.5 Å². The number of carbonyl (C=O) groups is 1. The number of rotatable bonds is 6. The molecule has 6 nitrogen and oxygen atoms in total. The summed E-state index contributed by atoms with van der Waals surface area (Å²) in [5.41, 5.74) is 4.11. The van der Waals surface area contributed by atoms with E-state index in [1.54, 1.807) is 0 Å². The highest BCUT2D eigenvalue weighted by molar-refractivity contribution is 7.98. The highest BCUT2D eigenvalue weighted by Crippen LogP contribution is 2.33.